The van der Waals surface area contributed by atoms with Crippen molar-refractivity contribution in [2.45, 2.75) is 145 Å². The van der Waals surface area contributed by atoms with Crippen molar-refractivity contribution in [2.75, 3.05) is 13.2 Å². The maximum absolute atomic E-state index is 12.3. The van der Waals surface area contributed by atoms with Gasteiger partial charge in [-0.05, 0) is 127 Å². The van der Waals surface area contributed by atoms with Crippen molar-refractivity contribution >= 4 is 11.9 Å². The van der Waals surface area contributed by atoms with Gasteiger partial charge in [-0.1, -0.05) is 25.7 Å². The van der Waals surface area contributed by atoms with Crippen LogP contribution in [0.2, 0.25) is 0 Å². The first kappa shape index (κ1) is 37.4. The minimum atomic E-state index is -0.153. The topological polar surface area (TPSA) is 112 Å². The Bertz CT molecular complexity index is 1350. The van der Waals surface area contributed by atoms with Crippen molar-refractivity contribution in [1.82, 2.24) is 0 Å². The van der Waals surface area contributed by atoms with E-state index in [1.54, 1.807) is 0 Å². The van der Waals surface area contributed by atoms with Crippen LogP contribution in [0.4, 0.5) is 0 Å². The van der Waals surface area contributed by atoms with Crippen LogP contribution in [0.25, 0.3) is 0 Å². The van der Waals surface area contributed by atoms with Crippen LogP contribution in [-0.4, -0.2) is 47.6 Å². The lowest BCUT2D eigenvalue weighted by Gasteiger charge is -2.34. The third-order valence-electron chi connectivity index (χ3n) is 11.1. The fourth-order valence-corrected chi connectivity index (χ4v) is 7.28. The van der Waals surface area contributed by atoms with E-state index in [4.69, 9.17) is 18.9 Å². The zero-order valence-corrected chi connectivity index (χ0v) is 30.6. The molecule has 4 atom stereocenters. The maximum atomic E-state index is 12.3. The molecule has 0 amide bonds. The number of carbonyl (C=O) groups excluding carboxylic acids is 2. The molecular weight excluding hydrogens is 608 g/mol. The monoisotopic (exact) mass is 666 g/mol. The van der Waals surface area contributed by atoms with E-state index in [0.29, 0.717) is 37.6 Å². The molecular formula is C40H58O8. The first-order valence-electron chi connectivity index (χ1n) is 18.1. The van der Waals surface area contributed by atoms with Crippen molar-refractivity contribution in [3.63, 3.8) is 0 Å². The zero-order valence-electron chi connectivity index (χ0n) is 30.6. The first-order chi connectivity index (χ1) is 22.8. The Hall–Kier alpha value is -3.42. The highest BCUT2D eigenvalue weighted by Gasteiger charge is 2.32. The Kier molecular flexibility index (Phi) is 13.1. The van der Waals surface area contributed by atoms with Gasteiger partial charge >= 0.3 is 11.9 Å². The molecule has 4 rings (SSSR count). The molecule has 0 saturated carbocycles. The average molecular weight is 667 g/mol. The summed E-state index contributed by atoms with van der Waals surface area (Å²) >= 11 is 0. The summed E-state index contributed by atoms with van der Waals surface area (Å²) in [4.78, 5) is 24.6. The van der Waals surface area contributed by atoms with Crippen LogP contribution >= 0.6 is 0 Å². The van der Waals surface area contributed by atoms with E-state index < -0.39 is 0 Å². The number of esters is 2. The Morgan fingerprint density at radius 2 is 0.938 bits per heavy atom. The molecule has 0 spiro atoms. The van der Waals surface area contributed by atoms with Gasteiger partial charge in [0.1, 0.15) is 23.0 Å². The van der Waals surface area contributed by atoms with Crippen LogP contribution in [0.15, 0.2) is 0 Å². The van der Waals surface area contributed by atoms with Gasteiger partial charge in [0, 0.05) is 35.8 Å². The number of unbranched alkanes of at least 4 members (excludes halogenated alkanes) is 5. The molecule has 0 bridgehead atoms. The van der Waals surface area contributed by atoms with Crippen molar-refractivity contribution in [2.24, 2.45) is 11.8 Å². The Morgan fingerprint density at radius 3 is 1.31 bits per heavy atom. The molecule has 0 aromatic heterocycles. The molecule has 2 aliphatic heterocycles. The number of carbonyl (C=O) groups is 2. The predicted molar refractivity (Wildman–Crippen MR) is 187 cm³/mol. The van der Waals surface area contributed by atoms with Crippen LogP contribution in [0.1, 0.15) is 123 Å². The van der Waals surface area contributed by atoms with Crippen molar-refractivity contribution < 1.29 is 38.7 Å². The number of benzene rings is 2. The molecule has 2 aromatic carbocycles. The highest BCUT2D eigenvalue weighted by Crippen LogP contribution is 2.44. The minimum Gasteiger partial charge on any atom is -0.507 e. The largest absolute Gasteiger partial charge is 0.507 e. The van der Waals surface area contributed by atoms with Gasteiger partial charge in [-0.3, -0.25) is 9.59 Å². The lowest BCUT2D eigenvalue weighted by molar-refractivity contribution is -0.145. The second-order valence-electron chi connectivity index (χ2n) is 14.3. The van der Waals surface area contributed by atoms with Gasteiger partial charge in [-0.2, -0.15) is 0 Å². The van der Waals surface area contributed by atoms with E-state index in [1.807, 2.05) is 41.5 Å². The lowest BCUT2D eigenvalue weighted by Crippen LogP contribution is -2.32. The molecule has 2 N–H and O–H groups in total. The van der Waals surface area contributed by atoms with E-state index in [9.17, 15) is 19.8 Å². The molecule has 48 heavy (non-hydrogen) atoms. The number of rotatable bonds is 15. The van der Waals surface area contributed by atoms with Crippen molar-refractivity contribution in [1.29, 1.82) is 0 Å². The van der Waals surface area contributed by atoms with Crippen molar-refractivity contribution in [3.05, 3.63) is 44.5 Å². The molecule has 8 nitrogen and oxygen atoms in total. The smallest absolute Gasteiger partial charge is 0.305 e. The van der Waals surface area contributed by atoms with Crippen LogP contribution in [0.5, 0.6) is 23.0 Å². The molecule has 0 radical (unpaired) electrons. The summed E-state index contributed by atoms with van der Waals surface area (Å²) in [5.74, 6) is 2.64. The van der Waals surface area contributed by atoms with E-state index in [1.165, 1.54) is 0 Å². The van der Waals surface area contributed by atoms with Crippen molar-refractivity contribution in [3.8, 4) is 23.0 Å². The molecule has 2 aromatic rings. The van der Waals surface area contributed by atoms with Gasteiger partial charge in [0.15, 0.2) is 0 Å². The summed E-state index contributed by atoms with van der Waals surface area (Å²) in [6.07, 6.45) is 9.57. The van der Waals surface area contributed by atoms with E-state index >= 15 is 0 Å². The average Bonchev–Trinajstić information content (AvgIpc) is 3.06. The highest BCUT2D eigenvalue weighted by atomic mass is 16.5. The maximum Gasteiger partial charge on any atom is 0.305 e. The van der Waals surface area contributed by atoms with E-state index in [2.05, 4.69) is 13.8 Å². The SMILES string of the molecule is Cc1c(C)c2c(c(C)c1O)CC(CCOC(=O)CCCCCCCCC(=O)OCCC1Cc3c(C)c(O)c(C)c(C)c3OC1C)C(C)O2. The summed E-state index contributed by atoms with van der Waals surface area (Å²) in [6.45, 7) is 16.6. The summed E-state index contributed by atoms with van der Waals surface area (Å²) in [5.41, 5.74) is 7.63. The standard InChI is InChI=1S/C40H58O8/c1-23-25(3)39-33(27(5)37(23)43)21-31(29(7)47-39)17-19-45-35(41)15-13-11-9-10-12-14-16-36(42)46-20-18-32-22-34-28(6)38(44)24(2)26(4)40(34)48-30(32)8/h29-32,43-44H,9-22H2,1-8H3. The third-order valence-corrected chi connectivity index (χ3v) is 11.1. The summed E-state index contributed by atoms with van der Waals surface area (Å²) in [7, 11) is 0. The molecule has 0 fully saturated rings. The Labute approximate surface area is 287 Å². The highest BCUT2D eigenvalue weighted by molar-refractivity contribution is 5.69. The lowest BCUT2D eigenvalue weighted by atomic mass is 9.84. The fourth-order valence-electron chi connectivity index (χ4n) is 7.28. The minimum absolute atomic E-state index is 0.0227. The third kappa shape index (κ3) is 8.78. The molecule has 2 heterocycles. The summed E-state index contributed by atoms with van der Waals surface area (Å²) in [6, 6.07) is 0. The molecule has 4 unspecified atom stereocenters. The van der Waals surface area contributed by atoms with Crippen LogP contribution in [0, 0.1) is 53.4 Å². The van der Waals surface area contributed by atoms with Gasteiger partial charge in [0.2, 0.25) is 0 Å². The number of hydrogen-bond acceptors (Lipinski definition) is 8. The van der Waals surface area contributed by atoms with Gasteiger partial charge in [0.25, 0.3) is 0 Å². The second-order valence-corrected chi connectivity index (χ2v) is 14.3. The van der Waals surface area contributed by atoms with E-state index in [-0.39, 0.29) is 36.0 Å². The van der Waals surface area contributed by atoms with Gasteiger partial charge in [0.05, 0.1) is 25.4 Å². The quantitative estimate of drug-likeness (QED) is 0.144. The number of phenolic OH excluding ortho intramolecular Hbond substituents is 2. The van der Waals surface area contributed by atoms with Crippen LogP contribution in [-0.2, 0) is 31.9 Å². The molecule has 0 saturated heterocycles. The molecule has 8 heteroatoms. The number of hydrogen-bond donors (Lipinski definition) is 2. The van der Waals surface area contributed by atoms with Gasteiger partial charge in [-0.25, -0.2) is 0 Å². The Morgan fingerprint density at radius 1 is 0.583 bits per heavy atom. The first-order valence-corrected chi connectivity index (χ1v) is 18.1. The van der Waals surface area contributed by atoms with Gasteiger partial charge in [-0.15, -0.1) is 0 Å². The summed E-state index contributed by atoms with van der Waals surface area (Å²) in [5, 5.41) is 21.0. The number of aromatic hydroxyl groups is 2. The Balaban J connectivity index is 1.02. The number of fused-ring (bicyclic) bond motifs is 2. The molecule has 0 aliphatic carbocycles. The predicted octanol–water partition coefficient (Wildman–Crippen LogP) is 8.52. The van der Waals surface area contributed by atoms with Crippen LogP contribution in [0.3, 0.4) is 0 Å². The second kappa shape index (κ2) is 16.8. The van der Waals surface area contributed by atoms with E-state index in [0.717, 1.165) is 120 Å². The van der Waals surface area contributed by atoms with Crippen LogP contribution < -0.4 is 9.47 Å². The number of phenols is 2. The molecule has 2 aliphatic rings. The zero-order chi connectivity index (χ0) is 35.1. The fraction of sp³-hybridized carbons (Fsp3) is 0.650. The summed E-state index contributed by atoms with van der Waals surface area (Å²) < 4.78 is 23.6. The normalized spacial score (nSPS) is 19.9. The number of ether oxygens (including phenoxy) is 4. The molecule has 266 valence electrons. The van der Waals surface area contributed by atoms with Gasteiger partial charge < -0.3 is 29.2 Å².